The van der Waals surface area contributed by atoms with Gasteiger partial charge in [-0.05, 0) is 50.9 Å². The minimum atomic E-state index is 0.232. The van der Waals surface area contributed by atoms with E-state index in [1.165, 1.54) is 18.4 Å². The van der Waals surface area contributed by atoms with E-state index >= 15 is 0 Å². The summed E-state index contributed by atoms with van der Waals surface area (Å²) in [7, 11) is 2.03. The molecule has 0 aliphatic heterocycles. The lowest BCUT2D eigenvalue weighted by molar-refractivity contribution is 0.242. The van der Waals surface area contributed by atoms with Crippen LogP contribution < -0.4 is 10.1 Å². The Kier molecular flexibility index (Phi) is 6.20. The Morgan fingerprint density at radius 2 is 1.72 bits per heavy atom. The molecule has 18 heavy (non-hydrogen) atoms. The van der Waals surface area contributed by atoms with E-state index in [4.69, 9.17) is 4.74 Å². The van der Waals surface area contributed by atoms with Crippen molar-refractivity contribution in [2.45, 2.75) is 52.7 Å². The molecule has 2 atom stereocenters. The second-order valence-electron chi connectivity index (χ2n) is 5.33. The molecule has 0 saturated carbocycles. The minimum absolute atomic E-state index is 0.232. The topological polar surface area (TPSA) is 21.3 Å². The van der Waals surface area contributed by atoms with E-state index < -0.39 is 0 Å². The molecule has 2 heteroatoms. The van der Waals surface area contributed by atoms with Crippen LogP contribution in [0.1, 0.15) is 52.1 Å². The Balaban J connectivity index is 2.69. The zero-order chi connectivity index (χ0) is 13.5. The summed E-state index contributed by atoms with van der Waals surface area (Å²) >= 11 is 0. The summed E-state index contributed by atoms with van der Waals surface area (Å²) in [6.45, 7) is 8.65. The van der Waals surface area contributed by atoms with Gasteiger partial charge < -0.3 is 10.1 Å². The van der Waals surface area contributed by atoms with Crippen molar-refractivity contribution >= 4 is 0 Å². The van der Waals surface area contributed by atoms with E-state index in [1.54, 1.807) is 0 Å². The first-order chi connectivity index (χ1) is 8.56. The Labute approximate surface area is 112 Å². The molecule has 0 bridgehead atoms. The van der Waals surface area contributed by atoms with E-state index in [2.05, 4.69) is 43.4 Å². The van der Waals surface area contributed by atoms with Crippen molar-refractivity contribution in [3.8, 4) is 5.75 Å². The zero-order valence-electron chi connectivity index (χ0n) is 12.4. The lowest BCUT2D eigenvalue weighted by Gasteiger charge is -2.20. The molecule has 1 aromatic rings. The van der Waals surface area contributed by atoms with Gasteiger partial charge in [0.25, 0.3) is 0 Å². The molecular formula is C16H27NO. The SMILES string of the molecule is CCC(C)CC(NC)c1ccc(OC(C)C)cc1. The van der Waals surface area contributed by atoms with Gasteiger partial charge in [0.15, 0.2) is 0 Å². The molecule has 0 radical (unpaired) electrons. The Bertz CT molecular complexity index is 331. The zero-order valence-corrected chi connectivity index (χ0v) is 12.4. The van der Waals surface area contributed by atoms with Crippen LogP contribution in [0.25, 0.3) is 0 Å². The normalized spacial score (nSPS) is 14.6. The molecule has 1 N–H and O–H groups in total. The first-order valence-corrected chi connectivity index (χ1v) is 7.00. The van der Waals surface area contributed by atoms with Gasteiger partial charge in [0.1, 0.15) is 5.75 Å². The fourth-order valence-electron chi connectivity index (χ4n) is 2.04. The van der Waals surface area contributed by atoms with Crippen molar-refractivity contribution < 1.29 is 4.74 Å². The first-order valence-electron chi connectivity index (χ1n) is 7.00. The summed E-state index contributed by atoms with van der Waals surface area (Å²) in [4.78, 5) is 0. The van der Waals surface area contributed by atoms with Crippen LogP contribution in [0.2, 0.25) is 0 Å². The van der Waals surface area contributed by atoms with Gasteiger partial charge in [-0.1, -0.05) is 32.4 Å². The van der Waals surface area contributed by atoms with Gasteiger partial charge in [0.2, 0.25) is 0 Å². The van der Waals surface area contributed by atoms with Crippen LogP contribution in [0.5, 0.6) is 5.75 Å². The fourth-order valence-corrected chi connectivity index (χ4v) is 2.04. The van der Waals surface area contributed by atoms with Gasteiger partial charge in [-0.25, -0.2) is 0 Å². The van der Waals surface area contributed by atoms with Gasteiger partial charge in [-0.3, -0.25) is 0 Å². The highest BCUT2D eigenvalue weighted by atomic mass is 16.5. The van der Waals surface area contributed by atoms with Crippen LogP contribution in [-0.4, -0.2) is 13.2 Å². The predicted molar refractivity (Wildman–Crippen MR) is 78.1 cm³/mol. The highest BCUT2D eigenvalue weighted by Gasteiger charge is 2.12. The van der Waals surface area contributed by atoms with Gasteiger partial charge in [-0.15, -0.1) is 0 Å². The molecule has 0 amide bonds. The average Bonchev–Trinajstić information content (AvgIpc) is 2.36. The summed E-state index contributed by atoms with van der Waals surface area (Å²) in [6.07, 6.45) is 2.64. The second kappa shape index (κ2) is 7.42. The molecule has 1 rings (SSSR count). The predicted octanol–water partition coefficient (Wildman–Crippen LogP) is 4.17. The lowest BCUT2D eigenvalue weighted by Crippen LogP contribution is -2.18. The van der Waals surface area contributed by atoms with Crippen LogP contribution in [0, 0.1) is 5.92 Å². The maximum atomic E-state index is 5.66. The number of benzene rings is 1. The van der Waals surface area contributed by atoms with Crippen molar-refractivity contribution in [1.29, 1.82) is 0 Å². The molecular weight excluding hydrogens is 222 g/mol. The number of rotatable bonds is 7. The summed E-state index contributed by atoms with van der Waals surface area (Å²) < 4.78 is 5.66. The van der Waals surface area contributed by atoms with Crippen molar-refractivity contribution in [1.82, 2.24) is 5.32 Å². The molecule has 1 aromatic carbocycles. The smallest absolute Gasteiger partial charge is 0.119 e. The lowest BCUT2D eigenvalue weighted by atomic mass is 9.94. The molecule has 0 aliphatic rings. The molecule has 0 fully saturated rings. The minimum Gasteiger partial charge on any atom is -0.491 e. The fraction of sp³-hybridized carbons (Fsp3) is 0.625. The van der Waals surface area contributed by atoms with Gasteiger partial charge in [0.05, 0.1) is 6.10 Å². The van der Waals surface area contributed by atoms with E-state index in [0.29, 0.717) is 6.04 Å². The monoisotopic (exact) mass is 249 g/mol. The highest BCUT2D eigenvalue weighted by Crippen LogP contribution is 2.24. The van der Waals surface area contributed by atoms with E-state index in [-0.39, 0.29) is 6.10 Å². The average molecular weight is 249 g/mol. The third kappa shape index (κ3) is 4.69. The van der Waals surface area contributed by atoms with Crippen molar-refractivity contribution in [2.24, 2.45) is 5.92 Å². The molecule has 0 saturated heterocycles. The highest BCUT2D eigenvalue weighted by molar-refractivity contribution is 5.29. The summed E-state index contributed by atoms with van der Waals surface area (Å²) in [5, 5.41) is 3.40. The van der Waals surface area contributed by atoms with Crippen molar-refractivity contribution in [2.75, 3.05) is 7.05 Å². The van der Waals surface area contributed by atoms with E-state index in [0.717, 1.165) is 11.7 Å². The third-order valence-corrected chi connectivity index (χ3v) is 3.34. The summed E-state index contributed by atoms with van der Waals surface area (Å²) in [5.41, 5.74) is 1.34. The number of hydrogen-bond acceptors (Lipinski definition) is 2. The molecule has 2 nitrogen and oxygen atoms in total. The van der Waals surface area contributed by atoms with E-state index in [1.807, 2.05) is 20.9 Å². The maximum absolute atomic E-state index is 5.66. The Morgan fingerprint density at radius 1 is 1.11 bits per heavy atom. The number of hydrogen-bond donors (Lipinski definition) is 1. The molecule has 0 aliphatic carbocycles. The Morgan fingerprint density at radius 3 is 2.17 bits per heavy atom. The molecule has 102 valence electrons. The summed E-state index contributed by atoms with van der Waals surface area (Å²) in [6, 6.07) is 8.91. The first kappa shape index (κ1) is 15.0. The van der Waals surface area contributed by atoms with Crippen LogP contribution in [0.4, 0.5) is 0 Å². The molecule has 0 aromatic heterocycles. The number of ether oxygens (including phenoxy) is 1. The quantitative estimate of drug-likeness (QED) is 0.783. The second-order valence-corrected chi connectivity index (χ2v) is 5.33. The molecule has 0 heterocycles. The molecule has 0 spiro atoms. The van der Waals surface area contributed by atoms with Crippen molar-refractivity contribution in [3.05, 3.63) is 29.8 Å². The van der Waals surface area contributed by atoms with Crippen LogP contribution in [0.3, 0.4) is 0 Å². The van der Waals surface area contributed by atoms with Gasteiger partial charge >= 0.3 is 0 Å². The maximum Gasteiger partial charge on any atom is 0.119 e. The van der Waals surface area contributed by atoms with Crippen LogP contribution in [0.15, 0.2) is 24.3 Å². The van der Waals surface area contributed by atoms with Crippen LogP contribution in [-0.2, 0) is 0 Å². The largest absolute Gasteiger partial charge is 0.491 e. The van der Waals surface area contributed by atoms with Gasteiger partial charge in [0, 0.05) is 6.04 Å². The van der Waals surface area contributed by atoms with Gasteiger partial charge in [-0.2, -0.15) is 0 Å². The van der Waals surface area contributed by atoms with Crippen LogP contribution >= 0.6 is 0 Å². The van der Waals surface area contributed by atoms with E-state index in [9.17, 15) is 0 Å². The van der Waals surface area contributed by atoms with Crippen molar-refractivity contribution in [3.63, 3.8) is 0 Å². The number of nitrogens with one attached hydrogen (secondary N) is 1. The Hall–Kier alpha value is -1.02. The molecule has 2 unspecified atom stereocenters. The third-order valence-electron chi connectivity index (χ3n) is 3.34. The standard InChI is InChI=1S/C16H27NO/c1-6-13(4)11-16(17-5)14-7-9-15(10-8-14)18-12(2)3/h7-10,12-13,16-17H,6,11H2,1-5H3. The summed E-state index contributed by atoms with van der Waals surface area (Å²) in [5.74, 6) is 1.70.